The van der Waals surface area contributed by atoms with E-state index < -0.39 is 17.3 Å². The molecule has 1 N–H and O–H groups in total. The first-order chi connectivity index (χ1) is 13.7. The first-order valence-corrected chi connectivity index (χ1v) is 9.66. The van der Waals surface area contributed by atoms with Crippen LogP contribution >= 0.6 is 0 Å². The number of hydrogen-bond donors (Lipinski definition) is 1. The van der Waals surface area contributed by atoms with Gasteiger partial charge in [0.2, 0.25) is 0 Å². The zero-order valence-corrected chi connectivity index (χ0v) is 16.7. The summed E-state index contributed by atoms with van der Waals surface area (Å²) >= 11 is 0. The highest BCUT2D eigenvalue weighted by molar-refractivity contribution is 5.54. The Morgan fingerprint density at radius 3 is 2.38 bits per heavy atom. The molecule has 1 aliphatic rings. The number of anilines is 1. The number of hydrogen-bond acceptors (Lipinski definition) is 4. The Morgan fingerprint density at radius 1 is 1.03 bits per heavy atom. The van der Waals surface area contributed by atoms with Crippen LogP contribution in [-0.4, -0.2) is 49.9 Å². The van der Waals surface area contributed by atoms with E-state index in [1.165, 1.54) is 12.1 Å². The van der Waals surface area contributed by atoms with Crippen molar-refractivity contribution in [3.63, 3.8) is 0 Å². The lowest BCUT2D eigenvalue weighted by Crippen LogP contribution is -2.38. The van der Waals surface area contributed by atoms with Gasteiger partial charge in [0.15, 0.2) is 0 Å². The van der Waals surface area contributed by atoms with Crippen LogP contribution in [0.25, 0.3) is 0 Å². The smallest absolute Gasteiger partial charge is 0.384 e. The summed E-state index contributed by atoms with van der Waals surface area (Å²) in [6.45, 7) is 5.34. The molecule has 2 aromatic carbocycles. The van der Waals surface area contributed by atoms with Crippen molar-refractivity contribution in [2.45, 2.75) is 25.2 Å². The first kappa shape index (κ1) is 21.6. The van der Waals surface area contributed by atoms with E-state index >= 15 is 0 Å². The summed E-state index contributed by atoms with van der Waals surface area (Å²) in [6.07, 6.45) is -4.44. The normalized spacial score (nSPS) is 17.4. The molecule has 0 amide bonds. The second kappa shape index (κ2) is 8.73. The van der Waals surface area contributed by atoms with Gasteiger partial charge in [-0.3, -0.25) is 4.90 Å². The molecule has 0 bridgehead atoms. The van der Waals surface area contributed by atoms with Gasteiger partial charge in [-0.05, 0) is 43.3 Å². The zero-order chi connectivity index (χ0) is 21.1. The van der Waals surface area contributed by atoms with Crippen LogP contribution in [0.4, 0.5) is 18.9 Å². The Hall–Kier alpha value is -2.09. The molecule has 4 nitrogen and oxygen atoms in total. The van der Waals surface area contributed by atoms with Gasteiger partial charge in [0.25, 0.3) is 0 Å². The lowest BCUT2D eigenvalue weighted by molar-refractivity contribution is -0.137. The van der Waals surface area contributed by atoms with E-state index in [4.69, 9.17) is 4.74 Å². The molecule has 1 aliphatic heterocycles. The van der Waals surface area contributed by atoms with Crippen LogP contribution in [-0.2, 0) is 23.1 Å². The molecular formula is C22H27F3N2O2. The van der Waals surface area contributed by atoms with Crippen molar-refractivity contribution < 1.29 is 23.0 Å². The Labute approximate surface area is 169 Å². The van der Waals surface area contributed by atoms with E-state index in [0.29, 0.717) is 19.8 Å². The second-order valence-corrected chi connectivity index (χ2v) is 7.75. The predicted octanol–water partition coefficient (Wildman–Crippen LogP) is 3.88. The molecule has 29 heavy (non-hydrogen) atoms. The van der Waals surface area contributed by atoms with E-state index in [2.05, 4.69) is 11.0 Å². The molecule has 1 atom stereocenters. The van der Waals surface area contributed by atoms with Crippen LogP contribution in [0.15, 0.2) is 48.5 Å². The van der Waals surface area contributed by atoms with Gasteiger partial charge in [-0.25, -0.2) is 0 Å². The Bertz CT molecular complexity index is 818. The molecule has 2 aromatic rings. The summed E-state index contributed by atoms with van der Waals surface area (Å²) in [6, 6.07) is 13.0. The van der Waals surface area contributed by atoms with E-state index in [1.54, 1.807) is 6.92 Å². The van der Waals surface area contributed by atoms with Crippen LogP contribution in [0.3, 0.4) is 0 Å². The highest BCUT2D eigenvalue weighted by Gasteiger charge is 2.33. The van der Waals surface area contributed by atoms with Gasteiger partial charge in [-0.1, -0.05) is 30.3 Å². The fourth-order valence-corrected chi connectivity index (χ4v) is 3.75. The maximum Gasteiger partial charge on any atom is 0.416 e. The third-order valence-corrected chi connectivity index (χ3v) is 5.17. The van der Waals surface area contributed by atoms with Crippen molar-refractivity contribution in [1.29, 1.82) is 0 Å². The molecule has 1 fully saturated rings. The summed E-state index contributed by atoms with van der Waals surface area (Å²) in [4.78, 5) is 4.21. The maximum absolute atomic E-state index is 13.0. The van der Waals surface area contributed by atoms with Gasteiger partial charge >= 0.3 is 6.18 Å². The standard InChI is InChI=1S/C22H27F3N2O2/c1-21(28,18-7-5-8-19(14-18)22(23,24)25)16-26(2)15-17-6-3-4-9-20(17)27-10-12-29-13-11-27/h3-9,14,28H,10-13,15-16H2,1-2H3. The SMILES string of the molecule is CN(Cc1ccccc1N1CCOCC1)CC(C)(O)c1cccc(C(F)(F)F)c1. The number of alkyl halides is 3. The van der Waals surface area contributed by atoms with E-state index in [9.17, 15) is 18.3 Å². The highest BCUT2D eigenvalue weighted by atomic mass is 19.4. The molecule has 158 valence electrons. The number of halogens is 3. The lowest BCUT2D eigenvalue weighted by atomic mass is 9.93. The monoisotopic (exact) mass is 408 g/mol. The zero-order valence-electron chi connectivity index (χ0n) is 16.7. The van der Waals surface area contributed by atoms with Crippen LogP contribution in [0, 0.1) is 0 Å². The number of para-hydroxylation sites is 1. The van der Waals surface area contributed by atoms with Crippen LogP contribution < -0.4 is 4.90 Å². The molecule has 3 rings (SSSR count). The number of benzene rings is 2. The Balaban J connectivity index is 1.73. The van der Waals surface area contributed by atoms with Crippen molar-refractivity contribution in [1.82, 2.24) is 4.90 Å². The number of ether oxygens (including phenoxy) is 1. The summed E-state index contributed by atoms with van der Waals surface area (Å²) in [5.41, 5.74) is 0.318. The van der Waals surface area contributed by atoms with Crippen LogP contribution in [0.1, 0.15) is 23.6 Å². The molecular weight excluding hydrogens is 381 g/mol. The number of likely N-dealkylation sites (N-methyl/N-ethyl adjacent to an activating group) is 1. The minimum atomic E-state index is -4.44. The molecule has 0 aromatic heterocycles. The lowest BCUT2D eigenvalue weighted by Gasteiger charge is -2.33. The maximum atomic E-state index is 13.0. The minimum absolute atomic E-state index is 0.200. The molecule has 1 saturated heterocycles. The average molecular weight is 408 g/mol. The number of nitrogens with zero attached hydrogens (tertiary/aromatic N) is 2. The fourth-order valence-electron chi connectivity index (χ4n) is 3.75. The van der Waals surface area contributed by atoms with E-state index in [0.717, 1.165) is 36.5 Å². The summed E-state index contributed by atoms with van der Waals surface area (Å²) in [7, 11) is 1.86. The van der Waals surface area contributed by atoms with Gasteiger partial charge in [0.05, 0.1) is 24.4 Å². The first-order valence-electron chi connectivity index (χ1n) is 9.66. The topological polar surface area (TPSA) is 35.9 Å². The van der Waals surface area contributed by atoms with Crippen LogP contribution in [0.5, 0.6) is 0 Å². The highest BCUT2D eigenvalue weighted by Crippen LogP contribution is 2.32. The second-order valence-electron chi connectivity index (χ2n) is 7.75. The van der Waals surface area contributed by atoms with E-state index in [-0.39, 0.29) is 12.1 Å². The third-order valence-electron chi connectivity index (χ3n) is 5.17. The van der Waals surface area contributed by atoms with Crippen molar-refractivity contribution in [3.05, 3.63) is 65.2 Å². The van der Waals surface area contributed by atoms with Gasteiger partial charge in [0.1, 0.15) is 0 Å². The fraction of sp³-hybridized carbons (Fsp3) is 0.455. The van der Waals surface area contributed by atoms with Gasteiger partial charge in [0, 0.05) is 31.9 Å². The number of morpholine rings is 1. The van der Waals surface area contributed by atoms with Crippen molar-refractivity contribution in [3.8, 4) is 0 Å². The largest absolute Gasteiger partial charge is 0.416 e. The van der Waals surface area contributed by atoms with Crippen molar-refractivity contribution in [2.75, 3.05) is 44.8 Å². The molecule has 0 spiro atoms. The van der Waals surface area contributed by atoms with Gasteiger partial charge < -0.3 is 14.7 Å². The number of rotatable bonds is 6. The third kappa shape index (κ3) is 5.50. The van der Waals surface area contributed by atoms with Gasteiger partial charge in [-0.2, -0.15) is 13.2 Å². The molecule has 7 heteroatoms. The predicted molar refractivity (Wildman–Crippen MR) is 107 cm³/mol. The van der Waals surface area contributed by atoms with E-state index in [1.807, 2.05) is 30.1 Å². The van der Waals surface area contributed by atoms with Gasteiger partial charge in [-0.15, -0.1) is 0 Å². The molecule has 0 aliphatic carbocycles. The summed E-state index contributed by atoms with van der Waals surface area (Å²) in [5.74, 6) is 0. The molecule has 1 heterocycles. The Kier molecular flexibility index (Phi) is 6.51. The summed E-state index contributed by atoms with van der Waals surface area (Å²) < 4.78 is 44.5. The molecule has 0 saturated carbocycles. The van der Waals surface area contributed by atoms with Crippen molar-refractivity contribution >= 4 is 5.69 Å². The summed E-state index contributed by atoms with van der Waals surface area (Å²) in [5, 5.41) is 10.9. The van der Waals surface area contributed by atoms with Crippen LogP contribution in [0.2, 0.25) is 0 Å². The average Bonchev–Trinajstić information content (AvgIpc) is 2.68. The molecule has 0 radical (unpaired) electrons. The quantitative estimate of drug-likeness (QED) is 0.787. The van der Waals surface area contributed by atoms with Crippen molar-refractivity contribution in [2.24, 2.45) is 0 Å². The minimum Gasteiger partial charge on any atom is -0.384 e. The Morgan fingerprint density at radius 2 is 1.69 bits per heavy atom. The number of aliphatic hydroxyl groups is 1. The molecule has 1 unspecified atom stereocenters.